The van der Waals surface area contributed by atoms with Crippen LogP contribution in [0.1, 0.15) is 11.4 Å². The van der Waals surface area contributed by atoms with Gasteiger partial charge in [-0.25, -0.2) is 13.9 Å². The van der Waals surface area contributed by atoms with E-state index in [1.165, 1.54) is 18.2 Å². The van der Waals surface area contributed by atoms with E-state index in [0.29, 0.717) is 36.9 Å². The summed E-state index contributed by atoms with van der Waals surface area (Å²) in [6.07, 6.45) is -4.63. The predicted molar refractivity (Wildman–Crippen MR) is 116 cm³/mol. The number of carbonyl (C=O) groups excluding carboxylic acids is 1. The molecule has 11 heteroatoms. The number of anilines is 1. The van der Waals surface area contributed by atoms with E-state index in [-0.39, 0.29) is 24.1 Å². The zero-order valence-electron chi connectivity index (χ0n) is 17.3. The highest BCUT2D eigenvalue weighted by atomic mass is 35.5. The maximum Gasteiger partial charge on any atom is 0.435 e. The lowest BCUT2D eigenvalue weighted by molar-refractivity contribution is -0.141. The Hall–Kier alpha value is -3.27. The SMILES string of the molecule is O=C(NCc1cc(C(F)(F)F)nn1-c1cccc(Cl)c1)N1CCN(c2ccc(F)cc2)CC1. The molecule has 1 aromatic heterocycles. The second kappa shape index (κ2) is 9.30. The van der Waals surface area contributed by atoms with E-state index in [1.54, 1.807) is 35.2 Å². The second-order valence-corrected chi connectivity index (χ2v) is 7.96. The summed E-state index contributed by atoms with van der Waals surface area (Å²) < 4.78 is 54.0. The average Bonchev–Trinajstić information content (AvgIpc) is 3.23. The van der Waals surface area contributed by atoms with Gasteiger partial charge >= 0.3 is 12.2 Å². The van der Waals surface area contributed by atoms with Crippen LogP contribution in [0.3, 0.4) is 0 Å². The third-order valence-electron chi connectivity index (χ3n) is 5.31. The Labute approximate surface area is 192 Å². The van der Waals surface area contributed by atoms with Crippen molar-refractivity contribution in [2.24, 2.45) is 0 Å². The van der Waals surface area contributed by atoms with Crippen molar-refractivity contribution >= 4 is 23.3 Å². The highest BCUT2D eigenvalue weighted by Crippen LogP contribution is 2.30. The number of nitrogens with zero attached hydrogens (tertiary/aromatic N) is 4. The number of nitrogens with one attached hydrogen (secondary N) is 1. The molecule has 1 N–H and O–H groups in total. The minimum Gasteiger partial charge on any atom is -0.368 e. The van der Waals surface area contributed by atoms with Gasteiger partial charge in [-0.15, -0.1) is 0 Å². The Morgan fingerprint density at radius 3 is 2.33 bits per heavy atom. The van der Waals surface area contributed by atoms with E-state index in [4.69, 9.17) is 11.6 Å². The standard InChI is InChI=1S/C22H20ClF4N5O/c23-15-2-1-3-18(12-15)32-19(13-20(29-32)22(25,26)27)14-28-21(33)31-10-8-30(9-11-31)17-6-4-16(24)5-7-17/h1-7,12-13H,8-11,14H2,(H,28,33). The number of carbonyl (C=O) groups is 1. The first-order chi connectivity index (χ1) is 15.7. The molecule has 2 aromatic carbocycles. The van der Waals surface area contributed by atoms with Gasteiger partial charge in [0.05, 0.1) is 17.9 Å². The molecule has 3 aromatic rings. The average molecular weight is 482 g/mol. The van der Waals surface area contributed by atoms with E-state index in [0.717, 1.165) is 16.4 Å². The van der Waals surface area contributed by atoms with Crippen LogP contribution in [0.4, 0.5) is 28.0 Å². The number of aromatic nitrogens is 2. The van der Waals surface area contributed by atoms with Gasteiger partial charge in [0.25, 0.3) is 0 Å². The van der Waals surface area contributed by atoms with Crippen molar-refractivity contribution in [1.82, 2.24) is 20.0 Å². The monoisotopic (exact) mass is 481 g/mol. The van der Waals surface area contributed by atoms with E-state index < -0.39 is 11.9 Å². The Kier molecular flexibility index (Phi) is 6.46. The van der Waals surface area contributed by atoms with Crippen LogP contribution in [0.2, 0.25) is 5.02 Å². The predicted octanol–water partition coefficient (Wildman–Crippen LogP) is 4.72. The topological polar surface area (TPSA) is 53.4 Å². The van der Waals surface area contributed by atoms with Crippen LogP contribution < -0.4 is 10.2 Å². The van der Waals surface area contributed by atoms with Gasteiger partial charge in [0.15, 0.2) is 5.69 Å². The van der Waals surface area contributed by atoms with E-state index >= 15 is 0 Å². The molecular weight excluding hydrogens is 462 g/mol. The van der Waals surface area contributed by atoms with Gasteiger partial charge in [-0.2, -0.15) is 18.3 Å². The maximum atomic E-state index is 13.2. The van der Waals surface area contributed by atoms with Crippen LogP contribution in [-0.4, -0.2) is 46.9 Å². The molecule has 0 saturated carbocycles. The van der Waals surface area contributed by atoms with Crippen LogP contribution in [-0.2, 0) is 12.7 Å². The van der Waals surface area contributed by atoms with Crippen LogP contribution >= 0.6 is 11.6 Å². The Bertz CT molecular complexity index is 1120. The molecule has 33 heavy (non-hydrogen) atoms. The smallest absolute Gasteiger partial charge is 0.368 e. The number of benzene rings is 2. The molecule has 0 aliphatic carbocycles. The lowest BCUT2D eigenvalue weighted by atomic mass is 10.2. The van der Waals surface area contributed by atoms with Gasteiger partial charge < -0.3 is 15.1 Å². The molecule has 1 saturated heterocycles. The largest absolute Gasteiger partial charge is 0.435 e. The molecule has 1 fully saturated rings. The molecule has 0 spiro atoms. The first kappa shape index (κ1) is 22.9. The zero-order chi connectivity index (χ0) is 23.6. The number of urea groups is 1. The normalized spacial score (nSPS) is 14.5. The fraction of sp³-hybridized carbons (Fsp3) is 0.273. The number of amides is 2. The number of halogens is 5. The van der Waals surface area contributed by atoms with Crippen LogP contribution in [0.15, 0.2) is 54.6 Å². The molecular formula is C22H20ClF4N5O. The van der Waals surface area contributed by atoms with Crippen molar-refractivity contribution in [2.45, 2.75) is 12.7 Å². The fourth-order valence-corrected chi connectivity index (χ4v) is 3.80. The van der Waals surface area contributed by atoms with Crippen molar-refractivity contribution < 1.29 is 22.4 Å². The van der Waals surface area contributed by atoms with Crippen molar-refractivity contribution in [1.29, 1.82) is 0 Å². The van der Waals surface area contributed by atoms with Crippen molar-refractivity contribution in [2.75, 3.05) is 31.1 Å². The maximum absolute atomic E-state index is 13.2. The Morgan fingerprint density at radius 1 is 1.00 bits per heavy atom. The summed E-state index contributed by atoms with van der Waals surface area (Å²) in [5.74, 6) is -0.317. The molecule has 4 rings (SSSR count). The molecule has 2 heterocycles. The lowest BCUT2D eigenvalue weighted by Crippen LogP contribution is -2.51. The number of alkyl halides is 3. The van der Waals surface area contributed by atoms with Crippen molar-refractivity contribution in [3.05, 3.63) is 76.8 Å². The van der Waals surface area contributed by atoms with Gasteiger partial charge in [0, 0.05) is 36.9 Å². The lowest BCUT2D eigenvalue weighted by Gasteiger charge is -2.36. The van der Waals surface area contributed by atoms with Crippen LogP contribution in [0.25, 0.3) is 5.69 Å². The second-order valence-electron chi connectivity index (χ2n) is 7.52. The van der Waals surface area contributed by atoms with Gasteiger partial charge in [-0.1, -0.05) is 17.7 Å². The molecule has 6 nitrogen and oxygen atoms in total. The van der Waals surface area contributed by atoms with E-state index in [2.05, 4.69) is 10.4 Å². The number of hydrogen-bond donors (Lipinski definition) is 1. The van der Waals surface area contributed by atoms with Crippen LogP contribution in [0, 0.1) is 5.82 Å². The van der Waals surface area contributed by atoms with E-state index in [9.17, 15) is 22.4 Å². The molecule has 1 aliphatic heterocycles. The summed E-state index contributed by atoms with van der Waals surface area (Å²) in [7, 11) is 0. The number of piperazine rings is 1. The van der Waals surface area contributed by atoms with E-state index in [1.807, 2.05) is 4.90 Å². The summed E-state index contributed by atoms with van der Waals surface area (Å²) >= 11 is 5.97. The molecule has 1 aliphatic rings. The minimum atomic E-state index is -4.63. The summed E-state index contributed by atoms with van der Waals surface area (Å²) in [4.78, 5) is 16.3. The molecule has 0 unspecified atom stereocenters. The molecule has 0 radical (unpaired) electrons. The zero-order valence-corrected chi connectivity index (χ0v) is 18.1. The number of rotatable bonds is 4. The summed E-state index contributed by atoms with van der Waals surface area (Å²) in [6.45, 7) is 1.80. The summed E-state index contributed by atoms with van der Waals surface area (Å²) in [5, 5.41) is 6.70. The third-order valence-corrected chi connectivity index (χ3v) is 5.54. The molecule has 0 atom stereocenters. The fourth-order valence-electron chi connectivity index (χ4n) is 3.61. The first-order valence-corrected chi connectivity index (χ1v) is 10.5. The summed E-state index contributed by atoms with van der Waals surface area (Å²) in [6, 6.07) is 12.9. The quantitative estimate of drug-likeness (QED) is 0.549. The summed E-state index contributed by atoms with van der Waals surface area (Å²) in [5.41, 5.74) is 0.333. The van der Waals surface area contributed by atoms with Gasteiger partial charge in [0.2, 0.25) is 0 Å². The number of hydrogen-bond acceptors (Lipinski definition) is 3. The van der Waals surface area contributed by atoms with Gasteiger partial charge in [-0.05, 0) is 48.5 Å². The van der Waals surface area contributed by atoms with Crippen molar-refractivity contribution in [3.63, 3.8) is 0 Å². The van der Waals surface area contributed by atoms with Gasteiger partial charge in [0.1, 0.15) is 5.82 Å². The molecule has 174 valence electrons. The Morgan fingerprint density at radius 2 is 1.70 bits per heavy atom. The highest BCUT2D eigenvalue weighted by molar-refractivity contribution is 6.30. The molecule has 2 amide bonds. The van der Waals surface area contributed by atoms with Gasteiger partial charge in [-0.3, -0.25) is 0 Å². The first-order valence-electron chi connectivity index (χ1n) is 10.2. The van der Waals surface area contributed by atoms with Crippen LogP contribution in [0.5, 0.6) is 0 Å². The molecule has 0 bridgehead atoms. The third kappa shape index (κ3) is 5.39. The highest BCUT2D eigenvalue weighted by Gasteiger charge is 2.35. The van der Waals surface area contributed by atoms with Crippen molar-refractivity contribution in [3.8, 4) is 5.69 Å². The Balaban J connectivity index is 1.42. The minimum absolute atomic E-state index is 0.146.